The largest absolute Gasteiger partial charge is 0.360 e. The highest BCUT2D eigenvalue weighted by atomic mass is 16.7. The number of fused-ring (bicyclic) bond motifs is 1. The van der Waals surface area contributed by atoms with Crippen molar-refractivity contribution >= 4 is 0 Å². The van der Waals surface area contributed by atoms with Crippen LogP contribution in [0.2, 0.25) is 0 Å². The lowest BCUT2D eigenvalue weighted by Crippen LogP contribution is -2.23. The molecule has 0 aromatic rings. The zero-order valence-corrected chi connectivity index (χ0v) is 12.9. The molecular formula is C18H30O2. The molecule has 2 heteroatoms. The molecule has 2 unspecified atom stereocenters. The molecule has 1 aliphatic heterocycles. The molecule has 0 spiro atoms. The molecule has 20 heavy (non-hydrogen) atoms. The predicted molar refractivity (Wildman–Crippen MR) is 83.5 cm³/mol. The van der Waals surface area contributed by atoms with Gasteiger partial charge in [-0.15, -0.1) is 0 Å². The summed E-state index contributed by atoms with van der Waals surface area (Å²) in [5, 5.41) is 10.1. The maximum Gasteiger partial charge on any atom is 0.220 e. The molecule has 1 N–H and O–H groups in total. The predicted octanol–water partition coefficient (Wildman–Crippen LogP) is 4.88. The van der Waals surface area contributed by atoms with Gasteiger partial charge in [0.05, 0.1) is 0 Å². The van der Waals surface area contributed by atoms with E-state index in [1.54, 1.807) is 6.08 Å². The molecule has 1 saturated heterocycles. The van der Waals surface area contributed by atoms with E-state index in [9.17, 15) is 5.11 Å². The van der Waals surface area contributed by atoms with E-state index in [0.29, 0.717) is 0 Å². The van der Waals surface area contributed by atoms with Gasteiger partial charge in [0, 0.05) is 0 Å². The highest BCUT2D eigenvalue weighted by Crippen LogP contribution is 2.53. The summed E-state index contributed by atoms with van der Waals surface area (Å²) >= 11 is 0. The van der Waals surface area contributed by atoms with Gasteiger partial charge in [0.25, 0.3) is 0 Å². The summed E-state index contributed by atoms with van der Waals surface area (Å²) in [7, 11) is 0. The normalized spacial score (nSPS) is 30.5. The van der Waals surface area contributed by atoms with E-state index in [2.05, 4.69) is 6.92 Å². The number of rotatable bonds is 11. The second-order valence-corrected chi connectivity index (χ2v) is 6.34. The van der Waals surface area contributed by atoms with Crippen LogP contribution in [-0.2, 0) is 4.74 Å². The van der Waals surface area contributed by atoms with Crippen LogP contribution < -0.4 is 0 Å². The van der Waals surface area contributed by atoms with Crippen molar-refractivity contribution in [3.05, 3.63) is 24.3 Å². The first-order chi connectivity index (χ1) is 9.72. The van der Waals surface area contributed by atoms with E-state index in [0.717, 1.165) is 12.8 Å². The van der Waals surface area contributed by atoms with Gasteiger partial charge in [-0.05, 0) is 18.6 Å². The maximum atomic E-state index is 10.1. The Morgan fingerprint density at radius 1 is 0.800 bits per heavy atom. The minimum absolute atomic E-state index is 0.387. The Labute approximate surface area is 123 Å². The average Bonchev–Trinajstić information content (AvgIpc) is 3.07. The molecule has 114 valence electrons. The lowest BCUT2D eigenvalue weighted by Gasteiger charge is -2.12. The molecule has 2 nitrogen and oxygen atoms in total. The quantitative estimate of drug-likeness (QED) is 0.431. The molecule has 0 amide bonds. The molecule has 0 saturated carbocycles. The summed E-state index contributed by atoms with van der Waals surface area (Å²) in [5.41, 5.74) is -0.387. The number of unbranched alkanes of at least 4 members (excludes halogenated alkanes) is 9. The van der Waals surface area contributed by atoms with Crippen molar-refractivity contribution in [3.8, 4) is 0 Å². The highest BCUT2D eigenvalue weighted by molar-refractivity contribution is 5.35. The maximum absolute atomic E-state index is 10.1. The lowest BCUT2D eigenvalue weighted by molar-refractivity contribution is 0.0825. The third-order valence-electron chi connectivity index (χ3n) is 4.60. The standard InChI is InChI=1S/C18H30O2/c1-2-3-4-5-6-7-8-9-10-11-14-17-15-12-13-16-18(17,19)20-17/h12-13,15-16,19H,2-11,14H2,1H3. The van der Waals surface area contributed by atoms with Crippen LogP contribution in [0, 0.1) is 0 Å². The van der Waals surface area contributed by atoms with Gasteiger partial charge in [-0.1, -0.05) is 83.3 Å². The van der Waals surface area contributed by atoms with Gasteiger partial charge in [-0.3, -0.25) is 0 Å². The van der Waals surface area contributed by atoms with Crippen molar-refractivity contribution in [2.75, 3.05) is 0 Å². The van der Waals surface area contributed by atoms with Gasteiger partial charge in [0.15, 0.2) is 0 Å². The molecule has 0 bridgehead atoms. The Bertz CT molecular complexity index is 347. The van der Waals surface area contributed by atoms with Crippen molar-refractivity contribution in [1.29, 1.82) is 0 Å². The second kappa shape index (κ2) is 7.42. The van der Waals surface area contributed by atoms with Gasteiger partial charge < -0.3 is 9.84 Å². The SMILES string of the molecule is CCCCCCCCCCCCC12C=CC=CC1(O)O2. The van der Waals surface area contributed by atoms with Gasteiger partial charge in [-0.2, -0.15) is 0 Å². The van der Waals surface area contributed by atoms with Gasteiger partial charge >= 0.3 is 0 Å². The molecule has 0 aromatic carbocycles. The van der Waals surface area contributed by atoms with Crippen LogP contribution in [0.15, 0.2) is 24.3 Å². The zero-order chi connectivity index (χ0) is 14.3. The van der Waals surface area contributed by atoms with Crippen LogP contribution in [0.25, 0.3) is 0 Å². The molecule has 0 radical (unpaired) electrons. The summed E-state index contributed by atoms with van der Waals surface area (Å²) in [6.07, 6.45) is 22.0. The zero-order valence-electron chi connectivity index (χ0n) is 12.9. The van der Waals surface area contributed by atoms with Crippen LogP contribution in [0.4, 0.5) is 0 Å². The minimum atomic E-state index is -0.985. The second-order valence-electron chi connectivity index (χ2n) is 6.34. The van der Waals surface area contributed by atoms with E-state index in [-0.39, 0.29) is 5.60 Å². The van der Waals surface area contributed by atoms with Crippen molar-refractivity contribution < 1.29 is 9.84 Å². The van der Waals surface area contributed by atoms with Crippen molar-refractivity contribution in [1.82, 2.24) is 0 Å². The number of aliphatic hydroxyl groups is 1. The van der Waals surface area contributed by atoms with E-state index < -0.39 is 5.79 Å². The fraction of sp³-hybridized carbons (Fsp3) is 0.778. The monoisotopic (exact) mass is 278 g/mol. The number of allylic oxidation sites excluding steroid dienone is 2. The topological polar surface area (TPSA) is 32.8 Å². The summed E-state index contributed by atoms with van der Waals surface area (Å²) in [6, 6.07) is 0. The van der Waals surface area contributed by atoms with Crippen LogP contribution in [0.5, 0.6) is 0 Å². The molecule has 1 aliphatic carbocycles. The van der Waals surface area contributed by atoms with Crippen molar-refractivity contribution in [3.63, 3.8) is 0 Å². The fourth-order valence-electron chi connectivity index (χ4n) is 3.17. The Morgan fingerprint density at radius 3 is 1.95 bits per heavy atom. The first-order valence-electron chi connectivity index (χ1n) is 8.52. The third-order valence-corrected chi connectivity index (χ3v) is 4.60. The van der Waals surface area contributed by atoms with E-state index in [1.807, 2.05) is 18.2 Å². The van der Waals surface area contributed by atoms with E-state index >= 15 is 0 Å². The summed E-state index contributed by atoms with van der Waals surface area (Å²) in [5.74, 6) is -0.985. The summed E-state index contributed by atoms with van der Waals surface area (Å²) in [4.78, 5) is 0. The fourth-order valence-corrected chi connectivity index (χ4v) is 3.17. The number of epoxide rings is 1. The van der Waals surface area contributed by atoms with Gasteiger partial charge in [0.1, 0.15) is 5.60 Å². The average molecular weight is 278 g/mol. The first kappa shape index (κ1) is 15.8. The Morgan fingerprint density at radius 2 is 1.35 bits per heavy atom. The van der Waals surface area contributed by atoms with Crippen molar-refractivity contribution in [2.24, 2.45) is 0 Å². The molecule has 2 rings (SSSR count). The van der Waals surface area contributed by atoms with Crippen LogP contribution in [0.3, 0.4) is 0 Å². The molecule has 2 aliphatic rings. The first-order valence-corrected chi connectivity index (χ1v) is 8.52. The molecule has 2 atom stereocenters. The van der Waals surface area contributed by atoms with E-state index in [1.165, 1.54) is 57.8 Å². The Balaban J connectivity index is 1.43. The molecular weight excluding hydrogens is 248 g/mol. The molecule has 1 fully saturated rings. The highest BCUT2D eigenvalue weighted by Gasteiger charge is 2.66. The Kier molecular flexibility index (Phi) is 5.86. The lowest BCUT2D eigenvalue weighted by atomic mass is 9.91. The van der Waals surface area contributed by atoms with Crippen LogP contribution in [-0.4, -0.2) is 16.5 Å². The van der Waals surface area contributed by atoms with Crippen molar-refractivity contribution in [2.45, 2.75) is 88.9 Å². The molecule has 1 heterocycles. The third kappa shape index (κ3) is 3.95. The van der Waals surface area contributed by atoms with Crippen LogP contribution in [0.1, 0.15) is 77.6 Å². The minimum Gasteiger partial charge on any atom is -0.360 e. The van der Waals surface area contributed by atoms with E-state index in [4.69, 9.17) is 4.74 Å². The smallest absolute Gasteiger partial charge is 0.220 e. The number of ether oxygens (including phenoxy) is 1. The Hall–Kier alpha value is -0.600. The number of hydrogen-bond acceptors (Lipinski definition) is 2. The summed E-state index contributed by atoms with van der Waals surface area (Å²) < 4.78 is 5.52. The van der Waals surface area contributed by atoms with Gasteiger partial charge in [-0.25, -0.2) is 0 Å². The van der Waals surface area contributed by atoms with Crippen LogP contribution >= 0.6 is 0 Å². The number of hydrogen-bond donors (Lipinski definition) is 1. The summed E-state index contributed by atoms with van der Waals surface area (Å²) in [6.45, 7) is 2.27. The van der Waals surface area contributed by atoms with Gasteiger partial charge in [0.2, 0.25) is 5.79 Å². The molecule has 0 aromatic heterocycles.